The number of hydrogen-bond donors (Lipinski definition) is 1. The van der Waals surface area contributed by atoms with E-state index in [0.717, 1.165) is 30.6 Å². The summed E-state index contributed by atoms with van der Waals surface area (Å²) >= 11 is 0. The largest absolute Gasteiger partial charge is 0.455 e. The number of benzene rings is 1. The van der Waals surface area contributed by atoms with Crippen LogP contribution in [-0.4, -0.2) is 28.3 Å². The summed E-state index contributed by atoms with van der Waals surface area (Å²) in [7, 11) is 0. The highest BCUT2D eigenvalue weighted by molar-refractivity contribution is 5.92. The predicted molar refractivity (Wildman–Crippen MR) is 92.4 cm³/mol. The summed E-state index contributed by atoms with van der Waals surface area (Å²) in [6.45, 7) is 1.74. The Morgan fingerprint density at radius 2 is 2.00 bits per heavy atom. The van der Waals surface area contributed by atoms with Crippen molar-refractivity contribution in [2.75, 3.05) is 11.9 Å². The molecular formula is C19H21N3O3. The van der Waals surface area contributed by atoms with Crippen LogP contribution in [0.3, 0.4) is 0 Å². The Kier molecular flexibility index (Phi) is 4.03. The van der Waals surface area contributed by atoms with Crippen LogP contribution >= 0.6 is 0 Å². The van der Waals surface area contributed by atoms with Crippen molar-refractivity contribution in [2.45, 2.75) is 32.1 Å². The zero-order chi connectivity index (χ0) is 17.4. The van der Waals surface area contributed by atoms with Gasteiger partial charge in [-0.25, -0.2) is 4.68 Å². The standard InChI is InChI=1S/C19H21N3O3/c1-12-9-15(12)19(24)25-11-18(23)20-17-10-16(13-7-8-13)21-22(17)14-5-3-2-4-6-14/h2-6,10,12-13,15H,7-9,11H2,1H3,(H,20,23)/t12-,15+/m0/s1. The van der Waals surface area contributed by atoms with Crippen LogP contribution in [0, 0.1) is 11.8 Å². The van der Waals surface area contributed by atoms with Crippen LogP contribution in [0.1, 0.15) is 37.8 Å². The average Bonchev–Trinajstić information content (AvgIpc) is 3.54. The minimum atomic E-state index is -0.346. The van der Waals surface area contributed by atoms with Gasteiger partial charge in [-0.2, -0.15) is 5.10 Å². The van der Waals surface area contributed by atoms with Gasteiger partial charge in [0.15, 0.2) is 6.61 Å². The van der Waals surface area contributed by atoms with Gasteiger partial charge in [0.2, 0.25) is 0 Å². The zero-order valence-electron chi connectivity index (χ0n) is 14.1. The molecule has 6 heteroatoms. The number of carbonyl (C=O) groups excluding carboxylic acids is 2. The van der Waals surface area contributed by atoms with Gasteiger partial charge < -0.3 is 10.1 Å². The van der Waals surface area contributed by atoms with Gasteiger partial charge >= 0.3 is 5.97 Å². The smallest absolute Gasteiger partial charge is 0.309 e. The molecule has 2 atom stereocenters. The molecule has 130 valence electrons. The molecule has 1 aromatic heterocycles. The molecule has 1 N–H and O–H groups in total. The molecule has 2 aromatic rings. The molecule has 0 saturated heterocycles. The van der Waals surface area contributed by atoms with E-state index in [1.165, 1.54) is 0 Å². The monoisotopic (exact) mass is 339 g/mol. The van der Waals surface area contributed by atoms with Gasteiger partial charge in [-0.05, 0) is 37.3 Å². The number of para-hydroxylation sites is 1. The molecule has 0 spiro atoms. The van der Waals surface area contributed by atoms with Crippen LogP contribution in [-0.2, 0) is 14.3 Å². The van der Waals surface area contributed by atoms with Gasteiger partial charge in [-0.15, -0.1) is 0 Å². The highest BCUT2D eigenvalue weighted by Crippen LogP contribution is 2.40. The summed E-state index contributed by atoms with van der Waals surface area (Å²) in [6.07, 6.45) is 3.12. The van der Waals surface area contributed by atoms with E-state index in [1.807, 2.05) is 43.3 Å². The molecule has 2 aliphatic rings. The van der Waals surface area contributed by atoms with Crippen LogP contribution in [0.5, 0.6) is 0 Å². The molecule has 1 aromatic carbocycles. The van der Waals surface area contributed by atoms with Crippen molar-refractivity contribution < 1.29 is 14.3 Å². The Morgan fingerprint density at radius 3 is 2.64 bits per heavy atom. The number of aromatic nitrogens is 2. The third kappa shape index (κ3) is 3.57. The van der Waals surface area contributed by atoms with E-state index >= 15 is 0 Å². The number of hydrogen-bond acceptors (Lipinski definition) is 4. The third-order valence-electron chi connectivity index (χ3n) is 4.75. The minimum absolute atomic E-state index is 0.0379. The topological polar surface area (TPSA) is 73.2 Å². The van der Waals surface area contributed by atoms with Crippen molar-refractivity contribution in [1.82, 2.24) is 9.78 Å². The summed E-state index contributed by atoms with van der Waals surface area (Å²) in [5, 5.41) is 7.46. The molecule has 2 saturated carbocycles. The average molecular weight is 339 g/mol. The molecular weight excluding hydrogens is 318 g/mol. The molecule has 1 heterocycles. The fourth-order valence-corrected chi connectivity index (χ4v) is 2.91. The summed E-state index contributed by atoms with van der Waals surface area (Å²) in [4.78, 5) is 23.9. The van der Waals surface area contributed by atoms with Crippen molar-refractivity contribution in [3.8, 4) is 5.69 Å². The lowest BCUT2D eigenvalue weighted by atomic mass is 10.3. The van der Waals surface area contributed by atoms with Crippen LogP contribution in [0.4, 0.5) is 5.82 Å². The van der Waals surface area contributed by atoms with Crippen LogP contribution in [0.25, 0.3) is 5.69 Å². The summed E-state index contributed by atoms with van der Waals surface area (Å²) < 4.78 is 6.83. The van der Waals surface area contributed by atoms with E-state index < -0.39 is 0 Å². The van der Waals surface area contributed by atoms with E-state index in [1.54, 1.807) is 4.68 Å². The van der Waals surface area contributed by atoms with Crippen molar-refractivity contribution in [3.05, 3.63) is 42.1 Å². The van der Waals surface area contributed by atoms with E-state index in [4.69, 9.17) is 4.74 Å². The number of amides is 1. The number of ether oxygens (including phenoxy) is 1. The number of nitrogens with one attached hydrogen (secondary N) is 1. The van der Waals surface area contributed by atoms with Gasteiger partial charge in [-0.1, -0.05) is 25.1 Å². The molecule has 2 aliphatic carbocycles. The molecule has 25 heavy (non-hydrogen) atoms. The summed E-state index contributed by atoms with van der Waals surface area (Å²) in [5.41, 5.74) is 1.87. The third-order valence-corrected chi connectivity index (χ3v) is 4.75. The number of rotatable bonds is 6. The highest BCUT2D eigenvalue weighted by atomic mass is 16.5. The summed E-state index contributed by atoms with van der Waals surface area (Å²) in [6, 6.07) is 11.6. The van der Waals surface area contributed by atoms with Crippen LogP contribution in [0.2, 0.25) is 0 Å². The fraction of sp³-hybridized carbons (Fsp3) is 0.421. The number of nitrogens with zero attached hydrogens (tertiary/aromatic N) is 2. The van der Waals surface area contributed by atoms with Gasteiger partial charge in [-0.3, -0.25) is 9.59 Å². The van der Waals surface area contributed by atoms with E-state index in [0.29, 0.717) is 17.7 Å². The number of carbonyl (C=O) groups is 2. The van der Waals surface area contributed by atoms with E-state index in [9.17, 15) is 9.59 Å². The minimum Gasteiger partial charge on any atom is -0.455 e. The SMILES string of the molecule is C[C@H]1C[C@H]1C(=O)OCC(=O)Nc1cc(C2CC2)nn1-c1ccccc1. The maximum Gasteiger partial charge on any atom is 0.309 e. The van der Waals surface area contributed by atoms with E-state index in [2.05, 4.69) is 10.4 Å². The quantitative estimate of drug-likeness (QED) is 0.821. The fourth-order valence-electron chi connectivity index (χ4n) is 2.91. The Balaban J connectivity index is 1.45. The first kappa shape index (κ1) is 15.9. The van der Waals surface area contributed by atoms with Crippen molar-refractivity contribution >= 4 is 17.7 Å². The first-order valence-electron chi connectivity index (χ1n) is 8.73. The lowest BCUT2D eigenvalue weighted by molar-refractivity contribution is -0.148. The number of anilines is 1. The summed E-state index contributed by atoms with van der Waals surface area (Å²) in [5.74, 6) is 0.794. The second-order valence-corrected chi connectivity index (χ2v) is 6.95. The molecule has 1 amide bonds. The molecule has 0 bridgehead atoms. The second-order valence-electron chi connectivity index (χ2n) is 6.95. The van der Waals surface area contributed by atoms with Gasteiger partial charge in [0.1, 0.15) is 5.82 Å². The second kappa shape index (κ2) is 6.35. The van der Waals surface area contributed by atoms with Crippen molar-refractivity contribution in [2.24, 2.45) is 11.8 Å². The Morgan fingerprint density at radius 1 is 1.28 bits per heavy atom. The predicted octanol–water partition coefficient (Wildman–Crippen LogP) is 2.89. The number of esters is 1. The van der Waals surface area contributed by atoms with Gasteiger partial charge in [0.25, 0.3) is 5.91 Å². The van der Waals surface area contributed by atoms with Crippen molar-refractivity contribution in [3.63, 3.8) is 0 Å². The molecule has 2 fully saturated rings. The van der Waals surface area contributed by atoms with Crippen LogP contribution < -0.4 is 5.32 Å². The molecule has 4 rings (SSSR count). The first-order chi connectivity index (χ1) is 12.1. The molecule has 6 nitrogen and oxygen atoms in total. The van der Waals surface area contributed by atoms with Gasteiger partial charge in [0, 0.05) is 12.0 Å². The molecule has 0 unspecified atom stereocenters. The van der Waals surface area contributed by atoms with Gasteiger partial charge in [0.05, 0.1) is 17.3 Å². The van der Waals surface area contributed by atoms with Crippen molar-refractivity contribution in [1.29, 1.82) is 0 Å². The normalized spacial score (nSPS) is 21.6. The maximum atomic E-state index is 12.2. The lowest BCUT2D eigenvalue weighted by Gasteiger charge is -2.09. The van der Waals surface area contributed by atoms with E-state index in [-0.39, 0.29) is 24.4 Å². The Labute approximate surface area is 146 Å². The maximum absolute atomic E-state index is 12.2. The van der Waals surface area contributed by atoms with Crippen LogP contribution in [0.15, 0.2) is 36.4 Å². The molecule has 0 aliphatic heterocycles. The Bertz CT molecular complexity index is 796. The lowest BCUT2D eigenvalue weighted by Crippen LogP contribution is -2.23. The Hall–Kier alpha value is -2.63. The molecule has 0 radical (unpaired) electrons. The highest BCUT2D eigenvalue weighted by Gasteiger charge is 2.40. The first-order valence-corrected chi connectivity index (χ1v) is 8.73. The zero-order valence-corrected chi connectivity index (χ0v) is 14.1.